The van der Waals surface area contributed by atoms with E-state index in [9.17, 15) is 9.59 Å². The summed E-state index contributed by atoms with van der Waals surface area (Å²) in [5.41, 5.74) is 3.28. The molecule has 0 bridgehead atoms. The van der Waals surface area contributed by atoms with Gasteiger partial charge in [-0.05, 0) is 57.4 Å². The standard InChI is InChI=1S/C28H37N5O4S/c1-28(2,3)37-25(34)21-8-6-7-9-22(21)30-26(35)32-27-31-23-11-10-18(15-24(23)38-27)19-14-20(17-29-16-19)33(4)12-13-36-5/h10-11,14-17,21-22H,6-9,12-13H2,1-5H3,(H2,30,31,32,35). The molecule has 2 aromatic heterocycles. The van der Waals surface area contributed by atoms with E-state index in [0.29, 0.717) is 18.2 Å². The topological polar surface area (TPSA) is 106 Å². The molecule has 2 atom stereocenters. The Morgan fingerprint density at radius 2 is 1.92 bits per heavy atom. The lowest BCUT2D eigenvalue weighted by Crippen LogP contribution is -2.48. The lowest BCUT2D eigenvalue weighted by Gasteiger charge is -2.32. The fourth-order valence-electron chi connectivity index (χ4n) is 4.57. The van der Waals surface area contributed by atoms with Gasteiger partial charge in [0.05, 0.1) is 34.6 Å². The second-order valence-corrected chi connectivity index (χ2v) is 11.7. The number of hydrogen-bond donors (Lipinski definition) is 2. The second kappa shape index (κ2) is 12.1. The number of carbonyl (C=O) groups is 2. The number of nitrogens with one attached hydrogen (secondary N) is 2. The third kappa shape index (κ3) is 7.20. The first-order chi connectivity index (χ1) is 18.1. The van der Waals surface area contributed by atoms with Crippen LogP contribution >= 0.6 is 11.3 Å². The number of nitrogens with zero attached hydrogens (tertiary/aromatic N) is 3. The zero-order valence-corrected chi connectivity index (χ0v) is 23.6. The second-order valence-electron chi connectivity index (χ2n) is 10.7. The Bertz CT molecular complexity index is 1270. The predicted octanol–water partition coefficient (Wildman–Crippen LogP) is 5.46. The minimum Gasteiger partial charge on any atom is -0.460 e. The third-order valence-electron chi connectivity index (χ3n) is 6.53. The normalized spacial score (nSPS) is 17.7. The van der Waals surface area contributed by atoms with Crippen molar-refractivity contribution in [3.63, 3.8) is 0 Å². The van der Waals surface area contributed by atoms with E-state index in [4.69, 9.17) is 9.47 Å². The van der Waals surface area contributed by atoms with Crippen molar-refractivity contribution >= 4 is 44.4 Å². The Balaban J connectivity index is 1.43. The van der Waals surface area contributed by atoms with Crippen molar-refractivity contribution in [1.82, 2.24) is 15.3 Å². The van der Waals surface area contributed by atoms with E-state index in [0.717, 1.165) is 52.8 Å². The molecule has 204 valence electrons. The number of methoxy groups -OCH3 is 1. The number of ether oxygens (including phenoxy) is 2. The van der Waals surface area contributed by atoms with E-state index in [1.165, 1.54) is 11.3 Å². The first kappa shape index (κ1) is 27.8. The van der Waals surface area contributed by atoms with E-state index < -0.39 is 5.60 Å². The van der Waals surface area contributed by atoms with Crippen LogP contribution in [0.25, 0.3) is 21.3 Å². The molecule has 2 unspecified atom stereocenters. The summed E-state index contributed by atoms with van der Waals surface area (Å²) in [7, 11) is 3.70. The zero-order chi connectivity index (χ0) is 27.3. The smallest absolute Gasteiger partial charge is 0.321 e. The number of aromatic nitrogens is 2. The highest BCUT2D eigenvalue weighted by Gasteiger charge is 2.35. The number of thiazole rings is 1. The van der Waals surface area contributed by atoms with Crippen LogP contribution in [0.2, 0.25) is 0 Å². The summed E-state index contributed by atoms with van der Waals surface area (Å²) in [6.45, 7) is 6.98. The summed E-state index contributed by atoms with van der Waals surface area (Å²) in [6.07, 6.45) is 7.05. The maximum absolute atomic E-state index is 12.8. The van der Waals surface area contributed by atoms with Gasteiger partial charge in [0, 0.05) is 38.5 Å². The van der Waals surface area contributed by atoms with Crippen LogP contribution in [0.1, 0.15) is 46.5 Å². The van der Waals surface area contributed by atoms with Crippen molar-refractivity contribution in [2.45, 2.75) is 58.1 Å². The number of hydrogen-bond acceptors (Lipinski definition) is 8. The van der Waals surface area contributed by atoms with Crippen LogP contribution in [-0.2, 0) is 14.3 Å². The van der Waals surface area contributed by atoms with Gasteiger partial charge < -0.3 is 19.7 Å². The number of fused-ring (bicyclic) bond motifs is 1. The molecule has 1 aliphatic carbocycles. The predicted molar refractivity (Wildman–Crippen MR) is 152 cm³/mol. The Kier molecular flexibility index (Phi) is 8.83. The molecule has 1 fully saturated rings. The largest absolute Gasteiger partial charge is 0.460 e. The van der Waals surface area contributed by atoms with Crippen LogP contribution in [0.4, 0.5) is 15.6 Å². The molecule has 0 radical (unpaired) electrons. The summed E-state index contributed by atoms with van der Waals surface area (Å²) in [5.74, 6) is -0.594. The van der Waals surface area contributed by atoms with Gasteiger partial charge in [-0.15, -0.1) is 0 Å². The molecule has 10 heteroatoms. The molecular weight excluding hydrogens is 502 g/mol. The number of carbonyl (C=O) groups excluding carboxylic acids is 2. The summed E-state index contributed by atoms with van der Waals surface area (Å²) >= 11 is 1.41. The molecular formula is C28H37N5O4S. The van der Waals surface area contributed by atoms with Crippen LogP contribution in [0, 0.1) is 5.92 Å². The fourth-order valence-corrected chi connectivity index (χ4v) is 5.47. The molecule has 1 aliphatic rings. The van der Waals surface area contributed by atoms with Crippen molar-refractivity contribution in [2.75, 3.05) is 37.5 Å². The molecule has 3 aromatic rings. The molecule has 0 aliphatic heterocycles. The molecule has 1 aromatic carbocycles. The van der Waals surface area contributed by atoms with Crippen molar-refractivity contribution < 1.29 is 19.1 Å². The molecule has 0 spiro atoms. The molecule has 0 saturated heterocycles. The minimum absolute atomic E-state index is 0.251. The Morgan fingerprint density at radius 1 is 1.13 bits per heavy atom. The zero-order valence-electron chi connectivity index (χ0n) is 22.7. The number of benzene rings is 1. The van der Waals surface area contributed by atoms with Gasteiger partial charge in [0.25, 0.3) is 0 Å². The maximum Gasteiger partial charge on any atom is 0.321 e. The number of likely N-dealkylation sites (N-methyl/N-ethyl adjacent to an activating group) is 1. The highest BCUT2D eigenvalue weighted by Crippen LogP contribution is 2.32. The Labute approximate surface area is 227 Å². The number of amides is 2. The van der Waals surface area contributed by atoms with E-state index in [1.807, 2.05) is 52.3 Å². The number of pyridine rings is 1. The Hall–Kier alpha value is -3.24. The monoisotopic (exact) mass is 539 g/mol. The average Bonchev–Trinajstić information content (AvgIpc) is 3.27. The van der Waals surface area contributed by atoms with E-state index in [2.05, 4.69) is 37.6 Å². The molecule has 9 nitrogen and oxygen atoms in total. The van der Waals surface area contributed by atoms with Crippen molar-refractivity contribution in [3.05, 3.63) is 36.7 Å². The number of anilines is 2. The Morgan fingerprint density at radius 3 is 2.68 bits per heavy atom. The lowest BCUT2D eigenvalue weighted by atomic mass is 9.84. The first-order valence-corrected chi connectivity index (χ1v) is 13.8. The van der Waals surface area contributed by atoms with Crippen LogP contribution < -0.4 is 15.5 Å². The van der Waals surface area contributed by atoms with Crippen LogP contribution in [0.5, 0.6) is 0 Å². The SMILES string of the molecule is COCCN(C)c1cncc(-c2ccc3nc(NC(=O)NC4CCCCC4C(=O)OC(C)(C)C)sc3c2)c1. The molecule has 2 N–H and O–H groups in total. The van der Waals surface area contributed by atoms with Gasteiger partial charge >= 0.3 is 12.0 Å². The minimum atomic E-state index is -0.557. The molecule has 2 heterocycles. The quantitative estimate of drug-likeness (QED) is 0.366. The number of esters is 1. The number of urea groups is 1. The van der Waals surface area contributed by atoms with Gasteiger partial charge in [0.15, 0.2) is 5.13 Å². The van der Waals surface area contributed by atoms with E-state index >= 15 is 0 Å². The molecule has 38 heavy (non-hydrogen) atoms. The first-order valence-electron chi connectivity index (χ1n) is 13.0. The van der Waals surface area contributed by atoms with Gasteiger partial charge in [0.2, 0.25) is 0 Å². The van der Waals surface area contributed by atoms with Gasteiger partial charge in [-0.3, -0.25) is 15.1 Å². The van der Waals surface area contributed by atoms with E-state index in [1.54, 1.807) is 7.11 Å². The van der Waals surface area contributed by atoms with Gasteiger partial charge in [0.1, 0.15) is 5.60 Å². The highest BCUT2D eigenvalue weighted by atomic mass is 32.1. The van der Waals surface area contributed by atoms with E-state index in [-0.39, 0.29) is 24.0 Å². The van der Waals surface area contributed by atoms with Crippen LogP contribution in [0.3, 0.4) is 0 Å². The summed E-state index contributed by atoms with van der Waals surface area (Å²) in [5, 5.41) is 6.36. The van der Waals surface area contributed by atoms with Crippen molar-refractivity contribution in [2.24, 2.45) is 5.92 Å². The maximum atomic E-state index is 12.8. The van der Waals surface area contributed by atoms with Crippen LogP contribution in [0.15, 0.2) is 36.7 Å². The van der Waals surface area contributed by atoms with Gasteiger partial charge in [-0.2, -0.15) is 0 Å². The fraction of sp³-hybridized carbons (Fsp3) is 0.500. The lowest BCUT2D eigenvalue weighted by molar-refractivity contribution is -0.162. The summed E-state index contributed by atoms with van der Waals surface area (Å²) < 4.78 is 11.7. The third-order valence-corrected chi connectivity index (χ3v) is 7.46. The van der Waals surface area contributed by atoms with Gasteiger partial charge in [-0.25, -0.2) is 9.78 Å². The van der Waals surface area contributed by atoms with Gasteiger partial charge in [-0.1, -0.05) is 30.2 Å². The highest BCUT2D eigenvalue weighted by molar-refractivity contribution is 7.22. The molecule has 4 rings (SSSR count). The number of rotatable bonds is 8. The van der Waals surface area contributed by atoms with Crippen molar-refractivity contribution in [1.29, 1.82) is 0 Å². The van der Waals surface area contributed by atoms with Crippen molar-refractivity contribution in [3.8, 4) is 11.1 Å². The molecule has 2 amide bonds. The van der Waals surface area contributed by atoms with Crippen LogP contribution in [-0.4, -0.2) is 60.9 Å². The molecule has 1 saturated carbocycles. The summed E-state index contributed by atoms with van der Waals surface area (Å²) in [4.78, 5) is 36.7. The summed E-state index contributed by atoms with van der Waals surface area (Å²) in [6, 6.07) is 7.50. The average molecular weight is 540 g/mol.